The zero-order valence-corrected chi connectivity index (χ0v) is 13.4. The molecule has 24 heavy (non-hydrogen) atoms. The van der Waals surface area contributed by atoms with Crippen molar-refractivity contribution in [3.05, 3.63) is 16.5 Å². The van der Waals surface area contributed by atoms with Gasteiger partial charge in [-0.25, -0.2) is 4.98 Å². The molecule has 0 aliphatic carbocycles. The molecule has 0 spiro atoms. The molecule has 10 heteroatoms. The zero-order valence-electron chi connectivity index (χ0n) is 12.6. The monoisotopic (exact) mass is 359 g/mol. The molecule has 0 atom stereocenters. The number of pyridine rings is 1. The molecule has 0 saturated carbocycles. The second kappa shape index (κ2) is 5.78. The number of thiophene rings is 1. The predicted octanol–water partition coefficient (Wildman–Crippen LogP) is 1.92. The first kappa shape index (κ1) is 16.8. The number of carbonyl (C=O) groups excluding carboxylic acids is 1. The van der Waals surface area contributed by atoms with Crippen molar-refractivity contribution in [2.75, 3.05) is 23.7 Å². The third kappa shape index (κ3) is 2.86. The van der Waals surface area contributed by atoms with Crippen LogP contribution in [0.5, 0.6) is 0 Å². The van der Waals surface area contributed by atoms with E-state index in [1.807, 2.05) is 0 Å². The van der Waals surface area contributed by atoms with Gasteiger partial charge in [-0.05, 0) is 18.9 Å². The maximum absolute atomic E-state index is 13.5. The Balaban J connectivity index is 2.18. The third-order valence-electron chi connectivity index (χ3n) is 4.08. The lowest BCUT2D eigenvalue weighted by atomic mass is 10.1. The predicted molar refractivity (Wildman–Crippen MR) is 87.0 cm³/mol. The van der Waals surface area contributed by atoms with Gasteiger partial charge in [0.05, 0.1) is 11.3 Å². The second-order valence-electron chi connectivity index (χ2n) is 5.74. The van der Waals surface area contributed by atoms with Crippen LogP contribution in [0, 0.1) is 0 Å². The summed E-state index contributed by atoms with van der Waals surface area (Å²) in [5.74, 6) is -0.659. The number of nitrogens with two attached hydrogens (primary N) is 3. The smallest absolute Gasteiger partial charge is 0.397 e. The summed E-state index contributed by atoms with van der Waals surface area (Å²) in [4.78, 5) is 17.4. The van der Waals surface area contributed by atoms with E-state index in [-0.39, 0.29) is 32.6 Å². The SMILES string of the molecule is NC(=O)c1sc2nc(N3CCC(N)CC3)cc(C(F)(F)F)c2c1N. The van der Waals surface area contributed by atoms with E-state index in [0.717, 1.165) is 17.4 Å². The van der Waals surface area contributed by atoms with Gasteiger partial charge in [-0.3, -0.25) is 4.79 Å². The molecule has 0 bridgehead atoms. The third-order valence-corrected chi connectivity index (χ3v) is 5.19. The average molecular weight is 359 g/mol. The van der Waals surface area contributed by atoms with Crippen LogP contribution in [0.4, 0.5) is 24.7 Å². The van der Waals surface area contributed by atoms with E-state index in [0.29, 0.717) is 25.9 Å². The van der Waals surface area contributed by atoms with E-state index in [2.05, 4.69) is 4.98 Å². The number of aromatic nitrogens is 1. The molecule has 2 aromatic rings. The molecular weight excluding hydrogens is 343 g/mol. The summed E-state index contributed by atoms with van der Waals surface area (Å²) in [6.45, 7) is 1.06. The van der Waals surface area contributed by atoms with E-state index in [4.69, 9.17) is 17.2 Å². The van der Waals surface area contributed by atoms with Crippen LogP contribution in [0.25, 0.3) is 10.2 Å². The lowest BCUT2D eigenvalue weighted by Crippen LogP contribution is -2.40. The average Bonchev–Trinajstić information content (AvgIpc) is 2.83. The minimum absolute atomic E-state index is 0.0471. The van der Waals surface area contributed by atoms with Crippen molar-refractivity contribution in [1.29, 1.82) is 0 Å². The normalized spacial score (nSPS) is 16.8. The van der Waals surface area contributed by atoms with Crippen LogP contribution >= 0.6 is 11.3 Å². The number of hydrogen-bond acceptors (Lipinski definition) is 6. The number of halogens is 3. The molecule has 6 nitrogen and oxygen atoms in total. The van der Waals surface area contributed by atoms with E-state index in [9.17, 15) is 18.0 Å². The first-order valence-corrected chi connectivity index (χ1v) is 8.10. The number of fused-ring (bicyclic) bond motifs is 1. The van der Waals surface area contributed by atoms with Crippen LogP contribution in [0.15, 0.2) is 6.07 Å². The molecule has 130 valence electrons. The number of nitrogens with zero attached hydrogens (tertiary/aromatic N) is 2. The summed E-state index contributed by atoms with van der Waals surface area (Å²) in [5.41, 5.74) is 15.6. The van der Waals surface area contributed by atoms with E-state index in [1.165, 1.54) is 0 Å². The molecule has 2 aromatic heterocycles. The molecule has 1 amide bonds. The Bertz CT molecular complexity index is 796. The van der Waals surface area contributed by atoms with Crippen molar-refractivity contribution < 1.29 is 18.0 Å². The molecule has 6 N–H and O–H groups in total. The van der Waals surface area contributed by atoms with E-state index < -0.39 is 17.6 Å². The highest BCUT2D eigenvalue weighted by Gasteiger charge is 2.36. The van der Waals surface area contributed by atoms with Crippen molar-refractivity contribution in [2.45, 2.75) is 25.1 Å². The van der Waals surface area contributed by atoms with E-state index >= 15 is 0 Å². The Labute approximate surface area is 139 Å². The van der Waals surface area contributed by atoms with Crippen LogP contribution in [-0.4, -0.2) is 30.0 Å². The number of alkyl halides is 3. The van der Waals surface area contributed by atoms with Crippen molar-refractivity contribution >= 4 is 39.0 Å². The standard InChI is InChI=1S/C14H16F3N5OS/c15-14(16,17)7-5-8(22-3-1-6(18)2-4-22)21-13-9(7)10(19)11(24-13)12(20)23/h5-6H,1-4,18-19H2,(H2,20,23). The molecule has 3 heterocycles. The summed E-state index contributed by atoms with van der Waals surface area (Å²) in [5, 5.41) is -0.265. The Morgan fingerprint density at radius 2 is 1.96 bits per heavy atom. The number of rotatable bonds is 2. The van der Waals surface area contributed by atoms with Crippen molar-refractivity contribution in [1.82, 2.24) is 4.98 Å². The molecule has 3 rings (SSSR count). The quantitative estimate of drug-likeness (QED) is 0.759. The van der Waals surface area contributed by atoms with Gasteiger partial charge in [0, 0.05) is 24.5 Å². The van der Waals surface area contributed by atoms with Gasteiger partial charge in [0.2, 0.25) is 0 Å². The number of nitrogen functional groups attached to an aromatic ring is 1. The Kier molecular flexibility index (Phi) is 4.04. The van der Waals surface area contributed by atoms with Gasteiger partial charge < -0.3 is 22.1 Å². The number of hydrogen-bond donors (Lipinski definition) is 3. The maximum atomic E-state index is 13.5. The molecule has 0 radical (unpaired) electrons. The lowest BCUT2D eigenvalue weighted by Gasteiger charge is -2.31. The molecule has 1 saturated heterocycles. The fourth-order valence-corrected chi connectivity index (χ4v) is 3.77. The highest BCUT2D eigenvalue weighted by molar-refractivity contribution is 7.21. The highest BCUT2D eigenvalue weighted by Crippen LogP contribution is 2.43. The topological polar surface area (TPSA) is 111 Å². The first-order valence-electron chi connectivity index (χ1n) is 7.29. The van der Waals surface area contributed by atoms with E-state index in [1.54, 1.807) is 4.90 Å². The number of carbonyl (C=O) groups is 1. The van der Waals surface area contributed by atoms with Crippen molar-refractivity contribution in [3.63, 3.8) is 0 Å². The summed E-state index contributed by atoms with van der Waals surface area (Å²) < 4.78 is 40.5. The Morgan fingerprint density at radius 1 is 1.33 bits per heavy atom. The molecule has 0 unspecified atom stereocenters. The molecule has 0 aromatic carbocycles. The van der Waals surface area contributed by atoms with Crippen LogP contribution in [0.1, 0.15) is 28.1 Å². The Morgan fingerprint density at radius 3 is 2.50 bits per heavy atom. The number of primary amides is 1. The van der Waals surface area contributed by atoms with Gasteiger partial charge in [0.15, 0.2) is 0 Å². The molecule has 1 aliphatic heterocycles. The van der Waals surface area contributed by atoms with Crippen molar-refractivity contribution in [3.8, 4) is 0 Å². The Hall–Kier alpha value is -2.07. The van der Waals surface area contributed by atoms with Crippen LogP contribution in [0.3, 0.4) is 0 Å². The minimum Gasteiger partial charge on any atom is -0.397 e. The van der Waals surface area contributed by atoms with Gasteiger partial charge in [0.1, 0.15) is 15.5 Å². The minimum atomic E-state index is -4.62. The van der Waals surface area contributed by atoms with Gasteiger partial charge in [-0.1, -0.05) is 0 Å². The zero-order chi connectivity index (χ0) is 17.6. The first-order chi connectivity index (χ1) is 11.2. The number of piperidine rings is 1. The van der Waals surface area contributed by atoms with Crippen LogP contribution < -0.4 is 22.1 Å². The molecule has 1 fully saturated rings. The summed E-state index contributed by atoms with van der Waals surface area (Å²) >= 11 is 0.779. The van der Waals surface area contributed by atoms with Gasteiger partial charge in [-0.15, -0.1) is 11.3 Å². The highest BCUT2D eigenvalue weighted by atomic mass is 32.1. The summed E-state index contributed by atoms with van der Waals surface area (Å²) in [7, 11) is 0. The van der Waals surface area contributed by atoms with Gasteiger partial charge in [-0.2, -0.15) is 13.2 Å². The molecular formula is C14H16F3N5OS. The lowest BCUT2D eigenvalue weighted by molar-refractivity contribution is -0.136. The maximum Gasteiger partial charge on any atom is 0.417 e. The molecule has 1 aliphatic rings. The largest absolute Gasteiger partial charge is 0.417 e. The van der Waals surface area contributed by atoms with Crippen LogP contribution in [0.2, 0.25) is 0 Å². The fraction of sp³-hybridized carbons (Fsp3) is 0.429. The summed E-state index contributed by atoms with van der Waals surface area (Å²) in [6, 6.07) is 1.03. The van der Waals surface area contributed by atoms with Crippen molar-refractivity contribution in [2.24, 2.45) is 11.5 Å². The van der Waals surface area contributed by atoms with Gasteiger partial charge >= 0.3 is 6.18 Å². The second-order valence-corrected chi connectivity index (χ2v) is 6.74. The van der Waals surface area contributed by atoms with Gasteiger partial charge in [0.25, 0.3) is 5.91 Å². The fourth-order valence-electron chi connectivity index (χ4n) is 2.81. The number of anilines is 2. The summed E-state index contributed by atoms with van der Waals surface area (Å²) in [6.07, 6.45) is -3.26. The van der Waals surface area contributed by atoms with Crippen LogP contribution in [-0.2, 0) is 6.18 Å². The number of amides is 1.